The average Bonchev–Trinajstić information content (AvgIpc) is 2.80. The lowest BCUT2D eigenvalue weighted by Gasteiger charge is -2.24. The van der Waals surface area contributed by atoms with Crippen molar-refractivity contribution in [2.45, 2.75) is 12.8 Å². The predicted octanol–water partition coefficient (Wildman–Crippen LogP) is 4.92. The van der Waals surface area contributed by atoms with Crippen molar-refractivity contribution in [1.29, 1.82) is 0 Å². The molecule has 5 nitrogen and oxygen atoms in total. The molecular formula is C26H29N3O2. The molecule has 5 heteroatoms. The van der Waals surface area contributed by atoms with Gasteiger partial charge in [0.05, 0.1) is 0 Å². The van der Waals surface area contributed by atoms with Gasteiger partial charge in [0.2, 0.25) is 0 Å². The number of phenols is 2. The Labute approximate surface area is 184 Å². The third-order valence-corrected chi connectivity index (χ3v) is 4.89. The molecule has 3 rings (SSSR count). The van der Waals surface area contributed by atoms with E-state index in [1.54, 1.807) is 36.7 Å². The van der Waals surface area contributed by atoms with Crippen LogP contribution in [0.2, 0.25) is 0 Å². The van der Waals surface area contributed by atoms with Gasteiger partial charge in [0.25, 0.3) is 0 Å². The van der Waals surface area contributed by atoms with E-state index in [1.165, 1.54) is 5.69 Å². The smallest absolute Gasteiger partial charge is 0.124 e. The van der Waals surface area contributed by atoms with Crippen LogP contribution in [0.3, 0.4) is 0 Å². The van der Waals surface area contributed by atoms with Crippen LogP contribution in [0.4, 0.5) is 5.69 Å². The van der Waals surface area contributed by atoms with E-state index in [4.69, 9.17) is 0 Å². The largest absolute Gasteiger partial charge is 0.507 e. The standard InChI is InChI=1S/C26H29N3O2/c30-25-14-6-4-10-22(25)20-27-16-8-18-29(24-12-2-1-3-13-24)19-9-17-28-21-23-11-5-7-15-26(23)31/h1-7,10-15,20-21,30-31H,8-9,16-19H2. The van der Waals surface area contributed by atoms with Crippen molar-refractivity contribution < 1.29 is 10.2 Å². The molecule has 0 unspecified atom stereocenters. The van der Waals surface area contributed by atoms with Crippen molar-refractivity contribution in [3.05, 3.63) is 90.0 Å². The van der Waals surface area contributed by atoms with E-state index in [9.17, 15) is 10.2 Å². The summed E-state index contributed by atoms with van der Waals surface area (Å²) < 4.78 is 0. The molecule has 0 saturated carbocycles. The zero-order valence-corrected chi connectivity index (χ0v) is 17.6. The summed E-state index contributed by atoms with van der Waals surface area (Å²) >= 11 is 0. The van der Waals surface area contributed by atoms with Crippen LogP contribution >= 0.6 is 0 Å². The SMILES string of the molecule is Oc1ccccc1C=NCCCN(CCCN=Cc1ccccc1O)c1ccccc1. The molecule has 2 N–H and O–H groups in total. The predicted molar refractivity (Wildman–Crippen MR) is 129 cm³/mol. The van der Waals surface area contributed by atoms with Gasteiger partial charge in [0.15, 0.2) is 0 Å². The number of hydrogen-bond donors (Lipinski definition) is 2. The van der Waals surface area contributed by atoms with Gasteiger partial charge >= 0.3 is 0 Å². The molecule has 0 bridgehead atoms. The van der Waals surface area contributed by atoms with E-state index < -0.39 is 0 Å². The Balaban J connectivity index is 1.48. The van der Waals surface area contributed by atoms with Crippen LogP contribution in [0.15, 0.2) is 88.8 Å². The van der Waals surface area contributed by atoms with Gasteiger partial charge in [-0.15, -0.1) is 0 Å². The first-order valence-electron chi connectivity index (χ1n) is 10.6. The molecule has 0 heterocycles. The summed E-state index contributed by atoms with van der Waals surface area (Å²) in [5.41, 5.74) is 2.67. The second-order valence-electron chi connectivity index (χ2n) is 7.22. The maximum Gasteiger partial charge on any atom is 0.124 e. The second-order valence-corrected chi connectivity index (χ2v) is 7.22. The summed E-state index contributed by atoms with van der Waals surface area (Å²) in [4.78, 5) is 11.3. The Bertz CT molecular complexity index is 925. The fraction of sp³-hybridized carbons (Fsp3) is 0.231. The highest BCUT2D eigenvalue weighted by molar-refractivity contribution is 5.83. The third-order valence-electron chi connectivity index (χ3n) is 4.89. The van der Waals surface area contributed by atoms with Crippen molar-refractivity contribution in [2.24, 2.45) is 9.98 Å². The number of aliphatic imine (C=N–C) groups is 2. The van der Waals surface area contributed by atoms with Gasteiger partial charge in [-0.3, -0.25) is 9.98 Å². The number of benzene rings is 3. The monoisotopic (exact) mass is 415 g/mol. The van der Waals surface area contributed by atoms with Crippen LogP contribution in [0, 0.1) is 0 Å². The molecule has 3 aromatic rings. The maximum atomic E-state index is 9.81. The van der Waals surface area contributed by atoms with Crippen molar-refractivity contribution >= 4 is 18.1 Å². The summed E-state index contributed by atoms with van der Waals surface area (Å²) in [6, 6.07) is 24.8. The first-order chi connectivity index (χ1) is 15.2. The second kappa shape index (κ2) is 12.2. The molecule has 0 aliphatic heterocycles. The Morgan fingerprint density at radius 1 is 0.613 bits per heavy atom. The highest BCUT2D eigenvalue weighted by Gasteiger charge is 2.05. The first kappa shape index (κ1) is 22.1. The van der Waals surface area contributed by atoms with Crippen LogP contribution < -0.4 is 4.90 Å². The average molecular weight is 416 g/mol. The van der Waals surface area contributed by atoms with Crippen LogP contribution in [0.25, 0.3) is 0 Å². The maximum absolute atomic E-state index is 9.81. The minimum Gasteiger partial charge on any atom is -0.507 e. The van der Waals surface area contributed by atoms with Gasteiger partial charge in [-0.25, -0.2) is 0 Å². The molecule has 0 saturated heterocycles. The number of aromatic hydroxyl groups is 2. The van der Waals surface area contributed by atoms with Gasteiger partial charge in [0, 0.05) is 55.4 Å². The van der Waals surface area contributed by atoms with Gasteiger partial charge in [-0.05, 0) is 49.2 Å². The van der Waals surface area contributed by atoms with E-state index in [2.05, 4.69) is 39.2 Å². The number of hydrogen-bond acceptors (Lipinski definition) is 5. The Morgan fingerprint density at radius 2 is 1.06 bits per heavy atom. The first-order valence-corrected chi connectivity index (χ1v) is 10.6. The highest BCUT2D eigenvalue weighted by Crippen LogP contribution is 2.16. The van der Waals surface area contributed by atoms with Gasteiger partial charge in [-0.1, -0.05) is 42.5 Å². The molecule has 0 amide bonds. The molecule has 3 aromatic carbocycles. The van der Waals surface area contributed by atoms with E-state index in [0.29, 0.717) is 13.1 Å². The van der Waals surface area contributed by atoms with E-state index >= 15 is 0 Å². The minimum atomic E-state index is 0.251. The van der Waals surface area contributed by atoms with Gasteiger partial charge in [0.1, 0.15) is 11.5 Å². The summed E-state index contributed by atoms with van der Waals surface area (Å²) in [5.74, 6) is 0.503. The zero-order chi connectivity index (χ0) is 21.7. The van der Waals surface area contributed by atoms with Crippen LogP contribution in [0.1, 0.15) is 24.0 Å². The quantitative estimate of drug-likeness (QED) is 0.345. The minimum absolute atomic E-state index is 0.251. The normalized spacial score (nSPS) is 11.4. The van der Waals surface area contributed by atoms with Gasteiger partial charge in [-0.2, -0.15) is 0 Å². The molecule has 0 aliphatic rings. The molecule has 0 radical (unpaired) electrons. The molecule has 0 aliphatic carbocycles. The summed E-state index contributed by atoms with van der Waals surface area (Å²) in [7, 11) is 0. The number of para-hydroxylation sites is 3. The van der Waals surface area contributed by atoms with Crippen molar-refractivity contribution in [1.82, 2.24) is 0 Å². The van der Waals surface area contributed by atoms with E-state index in [-0.39, 0.29) is 11.5 Å². The number of anilines is 1. The molecule has 0 fully saturated rings. The lowest BCUT2D eigenvalue weighted by Crippen LogP contribution is -2.26. The fourth-order valence-electron chi connectivity index (χ4n) is 3.23. The Hall–Kier alpha value is -3.60. The lowest BCUT2D eigenvalue weighted by molar-refractivity contribution is 0.474. The molecule has 160 valence electrons. The summed E-state index contributed by atoms with van der Waals surface area (Å²) in [5, 5.41) is 19.6. The van der Waals surface area contributed by atoms with Crippen molar-refractivity contribution in [3.8, 4) is 11.5 Å². The topological polar surface area (TPSA) is 68.4 Å². The van der Waals surface area contributed by atoms with Gasteiger partial charge < -0.3 is 15.1 Å². The molecule has 31 heavy (non-hydrogen) atoms. The Morgan fingerprint density at radius 3 is 1.55 bits per heavy atom. The van der Waals surface area contributed by atoms with Crippen LogP contribution in [-0.2, 0) is 0 Å². The zero-order valence-electron chi connectivity index (χ0n) is 17.6. The third kappa shape index (κ3) is 7.30. The lowest BCUT2D eigenvalue weighted by atomic mass is 10.2. The molecule has 0 spiro atoms. The van der Waals surface area contributed by atoms with Crippen molar-refractivity contribution in [2.75, 3.05) is 31.1 Å². The summed E-state index contributed by atoms with van der Waals surface area (Å²) in [6.45, 7) is 3.18. The fourth-order valence-corrected chi connectivity index (χ4v) is 3.23. The summed E-state index contributed by atoms with van der Waals surface area (Å²) in [6.07, 6.45) is 5.30. The number of nitrogens with zero attached hydrogens (tertiary/aromatic N) is 3. The number of rotatable bonds is 11. The van der Waals surface area contributed by atoms with E-state index in [1.807, 2.05) is 30.3 Å². The number of phenolic OH excluding ortho intramolecular Hbond substituents is 2. The Kier molecular flexibility index (Phi) is 8.68. The highest BCUT2D eigenvalue weighted by atomic mass is 16.3. The van der Waals surface area contributed by atoms with Crippen LogP contribution in [0.5, 0.6) is 11.5 Å². The molecule has 0 aromatic heterocycles. The van der Waals surface area contributed by atoms with Crippen molar-refractivity contribution in [3.63, 3.8) is 0 Å². The molecule has 0 atom stereocenters. The van der Waals surface area contributed by atoms with E-state index in [0.717, 1.165) is 37.1 Å². The van der Waals surface area contributed by atoms with Crippen LogP contribution in [-0.4, -0.2) is 48.8 Å². The molecular weight excluding hydrogens is 386 g/mol.